The predicted molar refractivity (Wildman–Crippen MR) is 110 cm³/mol. The molecule has 0 unspecified atom stereocenters. The molecule has 1 fully saturated rings. The first-order valence-electron chi connectivity index (χ1n) is 10.1. The summed E-state index contributed by atoms with van der Waals surface area (Å²) in [5, 5.41) is 7.05. The van der Waals surface area contributed by atoms with Crippen molar-refractivity contribution in [2.24, 2.45) is 0 Å². The third kappa shape index (κ3) is 6.22. The number of benzene rings is 1. The van der Waals surface area contributed by atoms with E-state index in [1.807, 2.05) is 0 Å². The second-order valence-electron chi connectivity index (χ2n) is 7.90. The average molecular weight is 400 g/mol. The van der Waals surface area contributed by atoms with E-state index < -0.39 is 0 Å². The van der Waals surface area contributed by atoms with Gasteiger partial charge in [0.2, 0.25) is 17.6 Å². The van der Waals surface area contributed by atoms with Crippen LogP contribution < -0.4 is 5.32 Å². The summed E-state index contributed by atoms with van der Waals surface area (Å²) < 4.78 is 18.6. The molecule has 0 atom stereocenters. The summed E-state index contributed by atoms with van der Waals surface area (Å²) in [6, 6.07) is 4.92. The Hall–Kier alpha value is -2.54. The van der Waals surface area contributed by atoms with Gasteiger partial charge in [-0.1, -0.05) is 16.8 Å². The molecule has 1 aliphatic heterocycles. The maximum absolute atomic E-state index is 13.4. The van der Waals surface area contributed by atoms with Crippen LogP contribution >= 0.6 is 0 Å². The van der Waals surface area contributed by atoms with Crippen LogP contribution in [0.15, 0.2) is 34.4 Å². The number of nitrogens with one attached hydrogen (secondary N) is 1. The lowest BCUT2D eigenvalue weighted by Crippen LogP contribution is -2.44. The monoisotopic (exact) mass is 400 g/mol. The third-order valence-electron chi connectivity index (χ3n) is 5.16. The van der Waals surface area contributed by atoms with Gasteiger partial charge in [-0.3, -0.25) is 9.69 Å². The first-order chi connectivity index (χ1) is 13.9. The van der Waals surface area contributed by atoms with Crippen molar-refractivity contribution >= 4 is 5.91 Å². The Morgan fingerprint density at radius 2 is 2.10 bits per heavy atom. The summed E-state index contributed by atoms with van der Waals surface area (Å²) in [6.07, 6.45) is 4.87. The van der Waals surface area contributed by atoms with E-state index in [2.05, 4.69) is 40.3 Å². The molecule has 0 radical (unpaired) electrons. The number of amides is 1. The molecule has 2 aromatic rings. The molecule has 156 valence electrons. The number of nitrogens with zero attached hydrogens (tertiary/aromatic N) is 3. The number of rotatable bonds is 7. The van der Waals surface area contributed by atoms with Crippen molar-refractivity contribution in [2.75, 3.05) is 19.6 Å². The van der Waals surface area contributed by atoms with Gasteiger partial charge in [-0.25, -0.2) is 4.39 Å². The van der Waals surface area contributed by atoms with Crippen molar-refractivity contribution in [2.45, 2.75) is 52.5 Å². The fourth-order valence-electron chi connectivity index (χ4n) is 3.35. The second-order valence-corrected chi connectivity index (χ2v) is 7.90. The van der Waals surface area contributed by atoms with Gasteiger partial charge in [-0.15, -0.1) is 0 Å². The lowest BCUT2D eigenvalue weighted by atomic mass is 10.0. The number of carbonyl (C=O) groups is 1. The number of allylic oxidation sites excluding steroid dienone is 1. The molecule has 0 aliphatic carbocycles. The highest BCUT2D eigenvalue weighted by molar-refractivity contribution is 5.76. The minimum atomic E-state index is -0.267. The molecule has 1 aromatic carbocycles. The molecule has 1 N–H and O–H groups in total. The van der Waals surface area contributed by atoms with Gasteiger partial charge in [0.05, 0.1) is 0 Å². The number of likely N-dealkylation sites (tertiary alicyclic amines) is 1. The highest BCUT2D eigenvalue weighted by Gasteiger charge is 2.20. The largest absolute Gasteiger partial charge is 0.353 e. The maximum atomic E-state index is 13.4. The van der Waals surface area contributed by atoms with Gasteiger partial charge in [-0.2, -0.15) is 4.98 Å². The first kappa shape index (κ1) is 21.2. The molecule has 0 bridgehead atoms. The van der Waals surface area contributed by atoms with Crippen molar-refractivity contribution in [3.63, 3.8) is 0 Å². The zero-order valence-electron chi connectivity index (χ0n) is 17.4. The summed E-state index contributed by atoms with van der Waals surface area (Å²) in [5.74, 6) is 0.558. The molecule has 6 nitrogen and oxygen atoms in total. The molecule has 0 saturated carbocycles. The molecule has 3 rings (SSSR count). The summed E-state index contributed by atoms with van der Waals surface area (Å²) in [7, 11) is 0. The molecule has 1 aromatic heterocycles. The van der Waals surface area contributed by atoms with Crippen LogP contribution in [-0.2, 0) is 11.2 Å². The van der Waals surface area contributed by atoms with Crippen LogP contribution in [0.5, 0.6) is 0 Å². The van der Waals surface area contributed by atoms with E-state index in [4.69, 9.17) is 4.52 Å². The number of hydrogen-bond acceptors (Lipinski definition) is 5. The van der Waals surface area contributed by atoms with Crippen molar-refractivity contribution in [1.82, 2.24) is 20.4 Å². The highest BCUT2D eigenvalue weighted by atomic mass is 19.1. The Balaban J connectivity index is 1.43. The molecular formula is C22H29FN4O2. The van der Waals surface area contributed by atoms with E-state index in [9.17, 15) is 9.18 Å². The Morgan fingerprint density at radius 1 is 1.34 bits per heavy atom. The van der Waals surface area contributed by atoms with Crippen molar-refractivity contribution in [1.29, 1.82) is 0 Å². The summed E-state index contributed by atoms with van der Waals surface area (Å²) in [5.41, 5.74) is 2.56. The average Bonchev–Trinajstić information content (AvgIpc) is 3.17. The van der Waals surface area contributed by atoms with Gasteiger partial charge in [-0.05, 0) is 57.4 Å². The summed E-state index contributed by atoms with van der Waals surface area (Å²) in [4.78, 5) is 19.0. The Morgan fingerprint density at radius 3 is 2.79 bits per heavy atom. The van der Waals surface area contributed by atoms with Gasteiger partial charge >= 0.3 is 0 Å². The van der Waals surface area contributed by atoms with Crippen LogP contribution in [0.25, 0.3) is 11.4 Å². The number of aromatic nitrogens is 2. The predicted octanol–water partition coefficient (Wildman–Crippen LogP) is 3.66. The van der Waals surface area contributed by atoms with Crippen LogP contribution in [-0.4, -0.2) is 46.6 Å². The summed E-state index contributed by atoms with van der Waals surface area (Å²) >= 11 is 0. The maximum Gasteiger partial charge on any atom is 0.227 e. The molecule has 1 amide bonds. The molecule has 0 spiro atoms. The van der Waals surface area contributed by atoms with Gasteiger partial charge in [0.1, 0.15) is 5.82 Å². The van der Waals surface area contributed by atoms with Crippen LogP contribution in [0.1, 0.15) is 44.6 Å². The lowest BCUT2D eigenvalue weighted by Gasteiger charge is -2.31. The molecule has 1 saturated heterocycles. The summed E-state index contributed by atoms with van der Waals surface area (Å²) in [6.45, 7) is 8.89. The molecule has 29 heavy (non-hydrogen) atoms. The van der Waals surface area contributed by atoms with Gasteiger partial charge in [0, 0.05) is 44.1 Å². The zero-order valence-corrected chi connectivity index (χ0v) is 17.4. The fourth-order valence-corrected chi connectivity index (χ4v) is 3.35. The van der Waals surface area contributed by atoms with Gasteiger partial charge in [0.25, 0.3) is 0 Å². The lowest BCUT2D eigenvalue weighted by molar-refractivity contribution is -0.122. The Kier molecular flexibility index (Phi) is 7.14. The van der Waals surface area contributed by atoms with Crippen LogP contribution in [0.3, 0.4) is 0 Å². The van der Waals surface area contributed by atoms with Crippen LogP contribution in [0.4, 0.5) is 4.39 Å². The van der Waals surface area contributed by atoms with Crippen LogP contribution in [0.2, 0.25) is 0 Å². The Bertz CT molecular complexity index is 865. The molecular weight excluding hydrogens is 371 g/mol. The second kappa shape index (κ2) is 9.78. The van der Waals surface area contributed by atoms with Crippen LogP contribution in [0, 0.1) is 12.7 Å². The number of hydrogen-bond donors (Lipinski definition) is 1. The normalized spacial score (nSPS) is 15.3. The topological polar surface area (TPSA) is 71.3 Å². The number of piperidine rings is 1. The highest BCUT2D eigenvalue weighted by Crippen LogP contribution is 2.19. The fraction of sp³-hybridized carbons (Fsp3) is 0.500. The van der Waals surface area contributed by atoms with E-state index in [1.165, 1.54) is 11.6 Å². The number of carbonyl (C=O) groups excluding carboxylic acids is 1. The molecule has 1 aliphatic rings. The molecule has 7 heteroatoms. The quantitative estimate of drug-likeness (QED) is 0.718. The zero-order chi connectivity index (χ0) is 20.8. The van der Waals surface area contributed by atoms with E-state index in [0.29, 0.717) is 35.7 Å². The SMILES string of the molecule is CC(C)=CCN1CCC(NC(=O)CCc2nc(-c3ccc(F)c(C)c3)no2)CC1. The van der Waals surface area contributed by atoms with Gasteiger partial charge in [0.15, 0.2) is 0 Å². The smallest absolute Gasteiger partial charge is 0.227 e. The van der Waals surface area contributed by atoms with E-state index in [0.717, 1.165) is 32.5 Å². The van der Waals surface area contributed by atoms with E-state index >= 15 is 0 Å². The molecule has 2 heterocycles. The van der Waals surface area contributed by atoms with Gasteiger partial charge < -0.3 is 9.84 Å². The standard InChI is InChI=1S/C22H29FN4O2/c1-15(2)8-11-27-12-9-18(10-13-27)24-20(28)6-7-21-25-22(26-29-21)17-4-5-19(23)16(3)14-17/h4-5,8,14,18H,6-7,9-13H2,1-3H3,(H,24,28). The van der Waals surface area contributed by atoms with Crippen molar-refractivity contribution in [3.8, 4) is 11.4 Å². The van der Waals surface area contributed by atoms with E-state index in [-0.39, 0.29) is 17.8 Å². The van der Waals surface area contributed by atoms with E-state index in [1.54, 1.807) is 19.1 Å². The number of halogens is 1. The minimum absolute atomic E-state index is 0.00475. The van der Waals surface area contributed by atoms with Crippen molar-refractivity contribution < 1.29 is 13.7 Å². The Labute approximate surface area is 171 Å². The first-order valence-corrected chi connectivity index (χ1v) is 10.1. The van der Waals surface area contributed by atoms with Crippen molar-refractivity contribution in [3.05, 3.63) is 47.1 Å². The number of aryl methyl sites for hydroxylation is 2. The minimum Gasteiger partial charge on any atom is -0.353 e. The third-order valence-corrected chi connectivity index (χ3v) is 5.16.